The van der Waals surface area contributed by atoms with Gasteiger partial charge in [0, 0.05) is 19.5 Å². The van der Waals surface area contributed by atoms with Gasteiger partial charge in [0.25, 0.3) is 5.91 Å². The van der Waals surface area contributed by atoms with E-state index in [1.165, 1.54) is 0 Å². The Morgan fingerprint density at radius 1 is 1.19 bits per heavy atom. The van der Waals surface area contributed by atoms with Crippen LogP contribution in [0.5, 0.6) is 0 Å². The van der Waals surface area contributed by atoms with E-state index in [2.05, 4.69) is 5.32 Å². The molecule has 1 aliphatic heterocycles. The van der Waals surface area contributed by atoms with E-state index in [1.807, 2.05) is 31.2 Å². The quantitative estimate of drug-likeness (QED) is 0.645. The number of nitrogens with zero attached hydrogens (tertiary/aromatic N) is 1. The van der Waals surface area contributed by atoms with E-state index in [0.717, 1.165) is 23.3 Å². The molecule has 2 aromatic carbocycles. The lowest BCUT2D eigenvalue weighted by atomic mass is 10.1. The first-order valence-electron chi connectivity index (χ1n) is 9.69. The number of rotatable bonds is 6. The Hall–Kier alpha value is -3.07. The molecule has 0 radical (unpaired) electrons. The Morgan fingerprint density at radius 2 is 1.88 bits per heavy atom. The minimum atomic E-state index is -4.60. The van der Waals surface area contributed by atoms with Gasteiger partial charge in [-0.1, -0.05) is 41.4 Å². The number of carbonyl (C=O) groups is 3. The Bertz CT molecular complexity index is 1020. The Kier molecular flexibility index (Phi) is 7.08. The topological polar surface area (TPSA) is 75.7 Å². The van der Waals surface area contributed by atoms with Crippen molar-refractivity contribution in [1.29, 1.82) is 0 Å². The van der Waals surface area contributed by atoms with Crippen LogP contribution in [0.4, 0.5) is 18.9 Å². The van der Waals surface area contributed by atoms with Crippen LogP contribution in [0.2, 0.25) is 5.02 Å². The third-order valence-corrected chi connectivity index (χ3v) is 5.28. The van der Waals surface area contributed by atoms with E-state index in [4.69, 9.17) is 16.3 Å². The largest absolute Gasteiger partial charge is 0.455 e. The van der Waals surface area contributed by atoms with Crippen LogP contribution in [-0.2, 0) is 31.8 Å². The van der Waals surface area contributed by atoms with Crippen LogP contribution in [0.1, 0.15) is 23.1 Å². The number of anilines is 1. The van der Waals surface area contributed by atoms with Crippen molar-refractivity contribution < 1.29 is 32.3 Å². The van der Waals surface area contributed by atoms with Crippen molar-refractivity contribution in [2.45, 2.75) is 26.1 Å². The van der Waals surface area contributed by atoms with Gasteiger partial charge in [0.15, 0.2) is 6.61 Å². The summed E-state index contributed by atoms with van der Waals surface area (Å²) in [5.41, 5.74) is 0.790. The number of hydrogen-bond donors (Lipinski definition) is 1. The second kappa shape index (κ2) is 9.60. The van der Waals surface area contributed by atoms with Crippen molar-refractivity contribution in [1.82, 2.24) is 4.90 Å². The van der Waals surface area contributed by atoms with Crippen LogP contribution in [-0.4, -0.2) is 35.8 Å². The lowest BCUT2D eigenvalue weighted by Crippen LogP contribution is -2.28. The molecule has 10 heteroatoms. The number of esters is 1. The lowest BCUT2D eigenvalue weighted by molar-refractivity contribution is -0.151. The summed E-state index contributed by atoms with van der Waals surface area (Å²) in [5.74, 6) is -2.50. The molecule has 1 aliphatic rings. The highest BCUT2D eigenvalue weighted by Crippen LogP contribution is 2.33. The maximum absolute atomic E-state index is 12.8. The number of likely N-dealkylation sites (tertiary alicyclic amines) is 1. The standard InChI is InChI=1S/C22H20ClF3N2O4/c1-13-2-4-14(5-3-13)10-28-11-15(8-20(28)30)21(31)32-12-19(29)27-18-9-16(22(24,25)26)6-7-17(18)23/h2-7,9,15H,8,10-12H2,1H3,(H,27,29)/t15-/m1/s1. The van der Waals surface area contributed by atoms with Gasteiger partial charge >= 0.3 is 12.1 Å². The van der Waals surface area contributed by atoms with Gasteiger partial charge in [-0.2, -0.15) is 13.2 Å². The molecule has 0 spiro atoms. The van der Waals surface area contributed by atoms with Gasteiger partial charge in [-0.25, -0.2) is 0 Å². The molecule has 2 aromatic rings. The fraction of sp³-hybridized carbons (Fsp3) is 0.318. The molecule has 1 fully saturated rings. The first-order chi connectivity index (χ1) is 15.0. The summed E-state index contributed by atoms with van der Waals surface area (Å²) in [6, 6.07) is 10.2. The van der Waals surface area contributed by atoms with Crippen LogP contribution in [0.3, 0.4) is 0 Å². The van der Waals surface area contributed by atoms with Gasteiger partial charge in [0.1, 0.15) is 0 Å². The average Bonchev–Trinajstić information content (AvgIpc) is 3.09. The van der Waals surface area contributed by atoms with E-state index < -0.39 is 36.1 Å². The normalized spacial score (nSPS) is 16.2. The molecule has 170 valence electrons. The summed E-state index contributed by atoms with van der Waals surface area (Å²) in [4.78, 5) is 38.1. The number of alkyl halides is 3. The van der Waals surface area contributed by atoms with Gasteiger partial charge in [-0.3, -0.25) is 14.4 Å². The molecule has 32 heavy (non-hydrogen) atoms. The number of benzene rings is 2. The molecule has 0 unspecified atom stereocenters. The number of carbonyl (C=O) groups excluding carboxylic acids is 3. The number of amides is 2. The van der Waals surface area contributed by atoms with Crippen molar-refractivity contribution >= 4 is 35.1 Å². The van der Waals surface area contributed by atoms with Crippen LogP contribution in [0, 0.1) is 12.8 Å². The number of nitrogens with one attached hydrogen (secondary N) is 1. The van der Waals surface area contributed by atoms with Gasteiger partial charge < -0.3 is 15.0 Å². The van der Waals surface area contributed by atoms with Crippen LogP contribution < -0.4 is 5.32 Å². The minimum absolute atomic E-state index is 0.0359. The molecule has 1 atom stereocenters. The maximum atomic E-state index is 12.8. The highest BCUT2D eigenvalue weighted by Gasteiger charge is 2.35. The van der Waals surface area contributed by atoms with Gasteiger partial charge in [-0.05, 0) is 30.7 Å². The molecule has 0 aliphatic carbocycles. The molecule has 1 heterocycles. The highest BCUT2D eigenvalue weighted by molar-refractivity contribution is 6.33. The molecule has 0 aromatic heterocycles. The monoisotopic (exact) mass is 468 g/mol. The molecular weight excluding hydrogens is 449 g/mol. The number of aryl methyl sites for hydroxylation is 1. The fourth-order valence-corrected chi connectivity index (χ4v) is 3.40. The van der Waals surface area contributed by atoms with Gasteiger partial charge in [-0.15, -0.1) is 0 Å². The Balaban J connectivity index is 1.52. The first kappa shape index (κ1) is 23.6. The van der Waals surface area contributed by atoms with E-state index in [0.29, 0.717) is 12.6 Å². The molecule has 0 bridgehead atoms. The predicted molar refractivity (Wildman–Crippen MR) is 111 cm³/mol. The van der Waals surface area contributed by atoms with E-state index >= 15 is 0 Å². The maximum Gasteiger partial charge on any atom is 0.416 e. The first-order valence-corrected chi connectivity index (χ1v) is 10.1. The molecule has 1 N–H and O–H groups in total. The molecule has 3 rings (SSSR count). The van der Waals surface area contributed by atoms with Crippen molar-refractivity contribution in [2.75, 3.05) is 18.5 Å². The zero-order valence-electron chi connectivity index (χ0n) is 17.0. The van der Waals surface area contributed by atoms with Crippen molar-refractivity contribution in [2.24, 2.45) is 5.92 Å². The Labute approximate surface area is 187 Å². The average molecular weight is 469 g/mol. The molecule has 2 amide bonds. The summed E-state index contributed by atoms with van der Waals surface area (Å²) in [7, 11) is 0. The number of halogens is 4. The van der Waals surface area contributed by atoms with Crippen molar-refractivity contribution in [3.8, 4) is 0 Å². The second-order valence-corrected chi connectivity index (χ2v) is 7.92. The predicted octanol–water partition coefficient (Wildman–Crippen LogP) is 4.20. The van der Waals surface area contributed by atoms with E-state index in [-0.39, 0.29) is 29.6 Å². The summed E-state index contributed by atoms with van der Waals surface area (Å²) in [6.07, 6.45) is -4.64. The van der Waals surface area contributed by atoms with E-state index in [9.17, 15) is 27.6 Å². The third kappa shape index (κ3) is 6.00. The zero-order valence-corrected chi connectivity index (χ0v) is 17.8. The molecule has 1 saturated heterocycles. The van der Waals surface area contributed by atoms with Crippen LogP contribution >= 0.6 is 11.6 Å². The SMILES string of the molecule is Cc1ccc(CN2C[C@H](C(=O)OCC(=O)Nc3cc(C(F)(F)F)ccc3Cl)CC2=O)cc1. The fourth-order valence-electron chi connectivity index (χ4n) is 3.23. The van der Waals surface area contributed by atoms with Crippen LogP contribution in [0.15, 0.2) is 42.5 Å². The Morgan fingerprint density at radius 3 is 2.53 bits per heavy atom. The number of ether oxygens (including phenoxy) is 1. The van der Waals surface area contributed by atoms with Crippen LogP contribution in [0.25, 0.3) is 0 Å². The highest BCUT2D eigenvalue weighted by atomic mass is 35.5. The molecular formula is C22H20ClF3N2O4. The molecule has 6 nitrogen and oxygen atoms in total. The zero-order chi connectivity index (χ0) is 23.5. The van der Waals surface area contributed by atoms with E-state index in [1.54, 1.807) is 4.90 Å². The second-order valence-electron chi connectivity index (χ2n) is 7.51. The van der Waals surface area contributed by atoms with Gasteiger partial charge in [0.05, 0.1) is 22.2 Å². The van der Waals surface area contributed by atoms with Crippen molar-refractivity contribution in [3.63, 3.8) is 0 Å². The summed E-state index contributed by atoms with van der Waals surface area (Å²) >= 11 is 5.83. The number of hydrogen-bond acceptors (Lipinski definition) is 4. The third-order valence-electron chi connectivity index (χ3n) is 4.96. The molecule has 0 saturated carbocycles. The summed E-state index contributed by atoms with van der Waals surface area (Å²) < 4.78 is 43.4. The van der Waals surface area contributed by atoms with Gasteiger partial charge in [0.2, 0.25) is 5.91 Å². The minimum Gasteiger partial charge on any atom is -0.455 e. The lowest BCUT2D eigenvalue weighted by Gasteiger charge is -2.16. The smallest absolute Gasteiger partial charge is 0.416 e. The van der Waals surface area contributed by atoms with Crippen molar-refractivity contribution in [3.05, 3.63) is 64.2 Å². The summed E-state index contributed by atoms with van der Waals surface area (Å²) in [6.45, 7) is 1.76. The summed E-state index contributed by atoms with van der Waals surface area (Å²) in [5, 5.41) is 2.11.